The average molecular weight is 421 g/mol. The van der Waals surface area contributed by atoms with Crippen LogP contribution in [0.25, 0.3) is 0 Å². The van der Waals surface area contributed by atoms with Crippen molar-refractivity contribution in [3.05, 3.63) is 48.0 Å². The fourth-order valence-electron chi connectivity index (χ4n) is 3.39. The summed E-state index contributed by atoms with van der Waals surface area (Å²) in [6.07, 6.45) is 1.63. The number of nitrogens with two attached hydrogens (primary N) is 1. The lowest BCUT2D eigenvalue weighted by Crippen LogP contribution is -2.44. The van der Waals surface area contributed by atoms with Crippen LogP contribution in [-0.4, -0.2) is 32.0 Å². The Kier molecular flexibility index (Phi) is 7.19. The number of anilines is 1. The summed E-state index contributed by atoms with van der Waals surface area (Å²) >= 11 is 0. The zero-order valence-corrected chi connectivity index (χ0v) is 16.8. The molecule has 8 heteroatoms. The van der Waals surface area contributed by atoms with E-state index in [9.17, 15) is 4.79 Å². The van der Waals surface area contributed by atoms with Gasteiger partial charge >= 0.3 is 0 Å². The minimum atomic E-state index is -0.530. The standard InChI is InChI=1S/C21H24N2O5.ClH/c22-20(15-6-8-25-9-7-15)21(24)23-16-3-1-2-14(10-16)12-26-17-4-5-18-19(11-17)28-13-27-18;/h1-5,10-11,15,20H,6-9,12-13,22H2,(H,23,24);1H. The molecule has 0 aromatic heterocycles. The molecule has 1 unspecified atom stereocenters. The van der Waals surface area contributed by atoms with Crippen LogP contribution in [0.3, 0.4) is 0 Å². The molecule has 29 heavy (non-hydrogen) atoms. The molecule has 1 amide bonds. The first-order valence-electron chi connectivity index (χ1n) is 9.44. The van der Waals surface area contributed by atoms with Gasteiger partial charge in [-0.15, -0.1) is 12.4 Å². The molecule has 7 nitrogen and oxygen atoms in total. The molecule has 2 aromatic carbocycles. The smallest absolute Gasteiger partial charge is 0.241 e. The zero-order valence-electron chi connectivity index (χ0n) is 16.0. The SMILES string of the molecule is Cl.NC(C(=O)Nc1cccc(COc2ccc3c(c2)OCO3)c1)C1CCOCC1. The van der Waals surface area contributed by atoms with Crippen LogP contribution >= 0.6 is 12.4 Å². The first kappa shape index (κ1) is 21.2. The highest BCUT2D eigenvalue weighted by molar-refractivity contribution is 5.94. The molecule has 1 saturated heterocycles. The van der Waals surface area contributed by atoms with Crippen molar-refractivity contribution in [2.24, 2.45) is 11.7 Å². The van der Waals surface area contributed by atoms with Gasteiger partial charge in [0, 0.05) is 25.0 Å². The van der Waals surface area contributed by atoms with Gasteiger partial charge in [0.25, 0.3) is 0 Å². The molecular formula is C21H25ClN2O5. The molecule has 156 valence electrons. The largest absolute Gasteiger partial charge is 0.489 e. The fourth-order valence-corrected chi connectivity index (χ4v) is 3.39. The number of halogens is 1. The fraction of sp³-hybridized carbons (Fsp3) is 0.381. The number of hydrogen-bond donors (Lipinski definition) is 2. The normalized spacial score (nSPS) is 16.6. The van der Waals surface area contributed by atoms with Crippen LogP contribution in [0.5, 0.6) is 17.2 Å². The zero-order chi connectivity index (χ0) is 19.3. The monoisotopic (exact) mass is 420 g/mol. The number of rotatable bonds is 6. The Balaban J connectivity index is 0.00000240. The summed E-state index contributed by atoms with van der Waals surface area (Å²) in [6, 6.07) is 12.5. The van der Waals surface area contributed by atoms with Crippen molar-refractivity contribution in [3.63, 3.8) is 0 Å². The Morgan fingerprint density at radius 1 is 1.14 bits per heavy atom. The third-order valence-electron chi connectivity index (χ3n) is 5.02. The summed E-state index contributed by atoms with van der Waals surface area (Å²) in [4.78, 5) is 12.5. The lowest BCUT2D eigenvalue weighted by Gasteiger charge is -2.26. The summed E-state index contributed by atoms with van der Waals surface area (Å²) < 4.78 is 21.8. The second kappa shape index (κ2) is 9.82. The van der Waals surface area contributed by atoms with Crippen molar-refractivity contribution < 1.29 is 23.7 Å². The molecule has 4 rings (SSSR count). The van der Waals surface area contributed by atoms with Gasteiger partial charge in [0.15, 0.2) is 11.5 Å². The molecule has 3 N–H and O–H groups in total. The maximum absolute atomic E-state index is 12.5. The Labute approximate surface area is 175 Å². The molecule has 1 fully saturated rings. The molecule has 0 spiro atoms. The van der Waals surface area contributed by atoms with Crippen molar-refractivity contribution in [1.82, 2.24) is 0 Å². The Bertz CT molecular complexity index is 842. The van der Waals surface area contributed by atoms with E-state index < -0.39 is 6.04 Å². The highest BCUT2D eigenvalue weighted by Gasteiger charge is 2.26. The maximum Gasteiger partial charge on any atom is 0.241 e. The van der Waals surface area contributed by atoms with E-state index >= 15 is 0 Å². The highest BCUT2D eigenvalue weighted by atomic mass is 35.5. The van der Waals surface area contributed by atoms with Gasteiger partial charge in [0.2, 0.25) is 12.7 Å². The average Bonchev–Trinajstić information content (AvgIpc) is 3.20. The molecule has 2 heterocycles. The number of nitrogens with one attached hydrogen (secondary N) is 1. The van der Waals surface area contributed by atoms with Crippen LogP contribution in [0.15, 0.2) is 42.5 Å². The van der Waals surface area contributed by atoms with Gasteiger partial charge in [-0.05, 0) is 48.6 Å². The number of ether oxygens (including phenoxy) is 4. The molecule has 2 aliphatic rings. The molecule has 0 saturated carbocycles. The van der Waals surface area contributed by atoms with E-state index in [2.05, 4.69) is 5.32 Å². The summed E-state index contributed by atoms with van der Waals surface area (Å²) in [7, 11) is 0. The molecule has 2 aromatic rings. The van der Waals surface area contributed by atoms with E-state index in [1.807, 2.05) is 36.4 Å². The molecule has 2 aliphatic heterocycles. The van der Waals surface area contributed by atoms with E-state index in [0.29, 0.717) is 37.0 Å². The summed E-state index contributed by atoms with van der Waals surface area (Å²) in [6.45, 7) is 1.93. The van der Waals surface area contributed by atoms with E-state index in [0.717, 1.165) is 24.2 Å². The predicted molar refractivity (Wildman–Crippen MR) is 111 cm³/mol. The molecule has 1 atom stereocenters. The Morgan fingerprint density at radius 3 is 2.76 bits per heavy atom. The number of carbonyl (C=O) groups excluding carboxylic acids is 1. The van der Waals surface area contributed by atoms with Crippen molar-refractivity contribution in [1.29, 1.82) is 0 Å². The maximum atomic E-state index is 12.5. The molecule has 0 aliphatic carbocycles. The second-order valence-electron chi connectivity index (χ2n) is 6.97. The molecular weight excluding hydrogens is 396 g/mol. The summed E-state index contributed by atoms with van der Waals surface area (Å²) in [5.74, 6) is 2.09. The van der Waals surface area contributed by atoms with Crippen LogP contribution in [0.2, 0.25) is 0 Å². The Hall–Kier alpha value is -2.48. The van der Waals surface area contributed by atoms with Gasteiger partial charge in [-0.3, -0.25) is 4.79 Å². The van der Waals surface area contributed by atoms with Gasteiger partial charge in [0.1, 0.15) is 12.4 Å². The van der Waals surface area contributed by atoms with E-state index in [-0.39, 0.29) is 31.0 Å². The lowest BCUT2D eigenvalue weighted by molar-refractivity contribution is -0.119. The van der Waals surface area contributed by atoms with Crippen molar-refractivity contribution in [2.45, 2.75) is 25.5 Å². The van der Waals surface area contributed by atoms with Crippen molar-refractivity contribution in [2.75, 3.05) is 25.3 Å². The number of hydrogen-bond acceptors (Lipinski definition) is 6. The number of carbonyl (C=O) groups is 1. The topological polar surface area (TPSA) is 92.0 Å². The summed E-state index contributed by atoms with van der Waals surface area (Å²) in [5.41, 5.74) is 7.79. The number of fused-ring (bicyclic) bond motifs is 1. The second-order valence-corrected chi connectivity index (χ2v) is 6.97. The van der Waals surface area contributed by atoms with Gasteiger partial charge in [0.05, 0.1) is 6.04 Å². The van der Waals surface area contributed by atoms with Crippen LogP contribution in [0, 0.1) is 5.92 Å². The third-order valence-corrected chi connectivity index (χ3v) is 5.02. The first-order chi connectivity index (χ1) is 13.7. The third kappa shape index (κ3) is 5.32. The molecule has 0 radical (unpaired) electrons. The van der Waals surface area contributed by atoms with Gasteiger partial charge in [-0.2, -0.15) is 0 Å². The van der Waals surface area contributed by atoms with Crippen LogP contribution in [-0.2, 0) is 16.1 Å². The predicted octanol–water partition coefficient (Wildman–Crippen LogP) is 3.11. The number of benzene rings is 2. The minimum absolute atomic E-state index is 0. The van der Waals surface area contributed by atoms with E-state index in [1.54, 1.807) is 6.07 Å². The minimum Gasteiger partial charge on any atom is -0.489 e. The quantitative estimate of drug-likeness (QED) is 0.746. The number of amides is 1. The Morgan fingerprint density at radius 2 is 1.93 bits per heavy atom. The van der Waals surface area contributed by atoms with Crippen LogP contribution in [0.4, 0.5) is 5.69 Å². The van der Waals surface area contributed by atoms with Gasteiger partial charge in [-0.1, -0.05) is 12.1 Å². The van der Waals surface area contributed by atoms with Crippen LogP contribution in [0.1, 0.15) is 18.4 Å². The van der Waals surface area contributed by atoms with E-state index in [4.69, 9.17) is 24.7 Å². The lowest BCUT2D eigenvalue weighted by atomic mass is 9.92. The van der Waals surface area contributed by atoms with Crippen molar-refractivity contribution in [3.8, 4) is 17.2 Å². The first-order valence-corrected chi connectivity index (χ1v) is 9.44. The summed E-state index contributed by atoms with van der Waals surface area (Å²) in [5, 5.41) is 2.91. The van der Waals surface area contributed by atoms with Gasteiger partial charge < -0.3 is 30.0 Å². The highest BCUT2D eigenvalue weighted by Crippen LogP contribution is 2.35. The van der Waals surface area contributed by atoms with Gasteiger partial charge in [-0.25, -0.2) is 0 Å². The van der Waals surface area contributed by atoms with Crippen LogP contribution < -0.4 is 25.3 Å². The van der Waals surface area contributed by atoms with Crippen molar-refractivity contribution >= 4 is 24.0 Å². The van der Waals surface area contributed by atoms with E-state index in [1.165, 1.54) is 0 Å². The molecule has 0 bridgehead atoms.